The van der Waals surface area contributed by atoms with Gasteiger partial charge in [0.15, 0.2) is 5.16 Å². The highest BCUT2D eigenvalue weighted by molar-refractivity contribution is 7.99. The number of carbonyl (C=O) groups excluding carboxylic acids is 1. The number of hydrogen-bond donors (Lipinski definition) is 1. The molecule has 0 aliphatic heterocycles. The van der Waals surface area contributed by atoms with E-state index in [1.54, 1.807) is 18.5 Å². The molecule has 1 heterocycles. The fourth-order valence-corrected chi connectivity index (χ4v) is 3.36. The Morgan fingerprint density at radius 2 is 1.89 bits per heavy atom. The summed E-state index contributed by atoms with van der Waals surface area (Å²) in [7, 11) is 0. The minimum absolute atomic E-state index is 0.0842. The van der Waals surface area contributed by atoms with Gasteiger partial charge in [0.25, 0.3) is 0 Å². The predicted molar refractivity (Wildman–Crippen MR) is 109 cm³/mol. The Morgan fingerprint density at radius 1 is 1.18 bits per heavy atom. The van der Waals surface area contributed by atoms with E-state index in [0.717, 1.165) is 11.3 Å². The molecule has 1 amide bonds. The van der Waals surface area contributed by atoms with Crippen LogP contribution in [0.2, 0.25) is 0 Å². The van der Waals surface area contributed by atoms with Gasteiger partial charge in [0, 0.05) is 12.2 Å². The lowest BCUT2D eigenvalue weighted by Crippen LogP contribution is -2.24. The Morgan fingerprint density at radius 3 is 2.54 bits per heavy atom. The van der Waals surface area contributed by atoms with Crippen LogP contribution in [0.15, 0.2) is 60.0 Å². The fraction of sp³-hybridized carbons (Fsp3) is 0.238. The van der Waals surface area contributed by atoms with E-state index in [1.807, 2.05) is 28.8 Å². The van der Waals surface area contributed by atoms with Gasteiger partial charge >= 0.3 is 0 Å². The van der Waals surface area contributed by atoms with Crippen molar-refractivity contribution in [1.82, 2.24) is 20.1 Å². The topological polar surface area (TPSA) is 83.6 Å². The highest BCUT2D eigenvalue weighted by atomic mass is 32.2. The molecule has 6 nitrogen and oxygen atoms in total. The third kappa shape index (κ3) is 4.99. The molecule has 1 N–H and O–H groups in total. The quantitative estimate of drug-likeness (QED) is 0.621. The summed E-state index contributed by atoms with van der Waals surface area (Å²) in [6.45, 7) is 4.74. The van der Waals surface area contributed by atoms with Gasteiger partial charge in [-0.05, 0) is 41.3 Å². The zero-order valence-electron chi connectivity index (χ0n) is 15.8. The Labute approximate surface area is 168 Å². The monoisotopic (exact) mass is 391 g/mol. The molecular weight excluding hydrogens is 370 g/mol. The van der Waals surface area contributed by atoms with E-state index >= 15 is 0 Å². The first-order valence-electron chi connectivity index (χ1n) is 8.95. The van der Waals surface area contributed by atoms with Gasteiger partial charge in [-0.3, -0.25) is 9.36 Å². The van der Waals surface area contributed by atoms with Gasteiger partial charge in [-0.15, -0.1) is 10.2 Å². The number of nitrogens with one attached hydrogen (secondary N) is 1. The Balaban J connectivity index is 1.55. The molecule has 3 aromatic rings. The zero-order valence-corrected chi connectivity index (χ0v) is 16.6. The molecule has 0 saturated carbocycles. The van der Waals surface area contributed by atoms with Gasteiger partial charge in [-0.2, -0.15) is 5.26 Å². The van der Waals surface area contributed by atoms with Crippen molar-refractivity contribution in [3.63, 3.8) is 0 Å². The number of carbonyl (C=O) groups is 1. The van der Waals surface area contributed by atoms with Crippen molar-refractivity contribution in [2.75, 3.05) is 5.75 Å². The summed E-state index contributed by atoms with van der Waals surface area (Å²) in [5.41, 5.74) is 3.79. The Hall–Kier alpha value is -3.11. The molecule has 28 heavy (non-hydrogen) atoms. The van der Waals surface area contributed by atoms with Crippen LogP contribution >= 0.6 is 11.8 Å². The zero-order chi connectivity index (χ0) is 19.9. The smallest absolute Gasteiger partial charge is 0.230 e. The van der Waals surface area contributed by atoms with Crippen LogP contribution < -0.4 is 5.32 Å². The minimum atomic E-state index is -0.0842. The normalized spacial score (nSPS) is 10.6. The highest BCUT2D eigenvalue weighted by Gasteiger charge is 2.10. The summed E-state index contributed by atoms with van der Waals surface area (Å²) in [5.74, 6) is 0.640. The summed E-state index contributed by atoms with van der Waals surface area (Å²) in [5, 5.41) is 20.5. The van der Waals surface area contributed by atoms with E-state index in [2.05, 4.69) is 47.6 Å². The van der Waals surface area contributed by atoms with E-state index < -0.39 is 0 Å². The van der Waals surface area contributed by atoms with Crippen LogP contribution in [-0.2, 0) is 11.3 Å². The lowest BCUT2D eigenvalue weighted by atomic mass is 10.0. The SMILES string of the molecule is CC(C)c1ccc(-n2cnnc2SCC(=O)NCc2ccc(C#N)cc2)cc1. The first-order chi connectivity index (χ1) is 13.6. The number of rotatable bonds is 7. The highest BCUT2D eigenvalue weighted by Crippen LogP contribution is 2.21. The maximum Gasteiger partial charge on any atom is 0.230 e. The summed E-state index contributed by atoms with van der Waals surface area (Å²) < 4.78 is 1.88. The number of nitriles is 1. The second kappa shape index (κ2) is 9.20. The largest absolute Gasteiger partial charge is 0.351 e. The lowest BCUT2D eigenvalue weighted by molar-refractivity contribution is -0.118. The number of thioether (sulfide) groups is 1. The predicted octanol–water partition coefficient (Wildman–Crippen LogP) is 3.67. The van der Waals surface area contributed by atoms with Crippen molar-refractivity contribution in [2.45, 2.75) is 31.5 Å². The van der Waals surface area contributed by atoms with E-state index in [9.17, 15) is 4.79 Å². The van der Waals surface area contributed by atoms with Crippen LogP contribution in [0.4, 0.5) is 0 Å². The summed E-state index contributed by atoms with van der Waals surface area (Å²) in [4.78, 5) is 12.2. The molecule has 0 radical (unpaired) electrons. The van der Waals surface area contributed by atoms with Crippen molar-refractivity contribution >= 4 is 17.7 Å². The maximum atomic E-state index is 12.2. The van der Waals surface area contributed by atoms with Crippen molar-refractivity contribution in [3.05, 3.63) is 71.5 Å². The van der Waals surface area contributed by atoms with E-state index in [4.69, 9.17) is 5.26 Å². The van der Waals surface area contributed by atoms with Crippen LogP contribution in [0, 0.1) is 11.3 Å². The molecule has 0 fully saturated rings. The molecule has 0 aliphatic rings. The molecular formula is C21H21N5OS. The summed E-state index contributed by atoms with van der Waals surface area (Å²) in [6, 6.07) is 17.5. The van der Waals surface area contributed by atoms with Gasteiger partial charge in [0.05, 0.1) is 17.4 Å². The Bertz CT molecular complexity index is 971. The molecule has 0 unspecified atom stereocenters. The van der Waals surface area contributed by atoms with Crippen LogP contribution in [0.3, 0.4) is 0 Å². The average Bonchev–Trinajstić information content (AvgIpc) is 3.19. The van der Waals surface area contributed by atoms with Crippen molar-refractivity contribution in [1.29, 1.82) is 5.26 Å². The number of aromatic nitrogens is 3. The molecule has 7 heteroatoms. The van der Waals surface area contributed by atoms with Gasteiger partial charge in [-0.25, -0.2) is 0 Å². The lowest BCUT2D eigenvalue weighted by Gasteiger charge is -2.09. The first kappa shape index (κ1) is 19.6. The molecule has 0 aliphatic carbocycles. The molecule has 0 bridgehead atoms. The van der Waals surface area contributed by atoms with Gasteiger partial charge in [0.2, 0.25) is 5.91 Å². The molecule has 3 rings (SSSR count). The molecule has 2 aromatic carbocycles. The van der Waals surface area contributed by atoms with Gasteiger partial charge in [-0.1, -0.05) is 49.9 Å². The minimum Gasteiger partial charge on any atom is -0.351 e. The van der Waals surface area contributed by atoms with Crippen molar-refractivity contribution < 1.29 is 4.79 Å². The van der Waals surface area contributed by atoms with Crippen molar-refractivity contribution in [3.8, 4) is 11.8 Å². The van der Waals surface area contributed by atoms with Crippen LogP contribution in [-0.4, -0.2) is 26.4 Å². The summed E-state index contributed by atoms with van der Waals surface area (Å²) >= 11 is 1.34. The fourth-order valence-electron chi connectivity index (χ4n) is 2.60. The van der Waals surface area contributed by atoms with Crippen LogP contribution in [0.25, 0.3) is 5.69 Å². The van der Waals surface area contributed by atoms with Crippen LogP contribution in [0.1, 0.15) is 36.5 Å². The van der Waals surface area contributed by atoms with Gasteiger partial charge in [0.1, 0.15) is 6.33 Å². The maximum absolute atomic E-state index is 12.2. The number of nitrogens with zero attached hydrogens (tertiary/aromatic N) is 4. The van der Waals surface area contributed by atoms with E-state index in [-0.39, 0.29) is 11.7 Å². The molecule has 0 atom stereocenters. The van der Waals surface area contributed by atoms with E-state index in [1.165, 1.54) is 17.3 Å². The second-order valence-electron chi connectivity index (χ2n) is 6.60. The number of hydrogen-bond acceptors (Lipinski definition) is 5. The van der Waals surface area contributed by atoms with Gasteiger partial charge < -0.3 is 5.32 Å². The standard InChI is InChI=1S/C21H21N5OS/c1-15(2)18-7-9-19(10-8-18)26-14-24-25-21(26)28-13-20(27)23-12-17-5-3-16(11-22)4-6-17/h3-10,14-15H,12-13H2,1-2H3,(H,23,27). The number of benzene rings is 2. The van der Waals surface area contributed by atoms with E-state index in [0.29, 0.717) is 23.2 Å². The average molecular weight is 392 g/mol. The Kier molecular flexibility index (Phi) is 6.45. The number of amides is 1. The van der Waals surface area contributed by atoms with Crippen molar-refractivity contribution in [2.24, 2.45) is 0 Å². The summed E-state index contributed by atoms with van der Waals surface area (Å²) in [6.07, 6.45) is 1.65. The molecule has 1 aromatic heterocycles. The molecule has 142 valence electrons. The molecule has 0 saturated heterocycles. The first-order valence-corrected chi connectivity index (χ1v) is 9.94. The molecule has 0 spiro atoms. The van der Waals surface area contributed by atoms with Crippen LogP contribution in [0.5, 0.6) is 0 Å². The second-order valence-corrected chi connectivity index (χ2v) is 7.55. The third-order valence-electron chi connectivity index (χ3n) is 4.26. The third-order valence-corrected chi connectivity index (χ3v) is 5.20.